The van der Waals surface area contributed by atoms with Gasteiger partial charge < -0.3 is 9.47 Å². The molecule has 0 amide bonds. The Balaban J connectivity index is 1.55. The first-order valence-electron chi connectivity index (χ1n) is 12.6. The number of benzene rings is 2. The Bertz CT molecular complexity index is 1080. The van der Waals surface area contributed by atoms with Gasteiger partial charge in [-0.2, -0.15) is 0 Å². The number of piperidine rings is 1. The van der Waals surface area contributed by atoms with Crippen LogP contribution in [0.15, 0.2) is 42.4 Å². The van der Waals surface area contributed by atoms with Gasteiger partial charge in [0.05, 0.1) is 17.0 Å². The predicted octanol–water partition coefficient (Wildman–Crippen LogP) is 4.36. The fourth-order valence-electron chi connectivity index (χ4n) is 3.90. The number of rotatable bonds is 6. The molecule has 28 heavy (non-hydrogen) atoms. The summed E-state index contributed by atoms with van der Waals surface area (Å²) in [6.45, 7) is -0.921. The number of carbonyl (C=O) groups excluding carboxylic acids is 1. The summed E-state index contributed by atoms with van der Waals surface area (Å²) in [6.07, 6.45) is -1.00. The number of ether oxygens (including phenoxy) is 2. The summed E-state index contributed by atoms with van der Waals surface area (Å²) in [5.74, 6) is -1.82. The van der Waals surface area contributed by atoms with Gasteiger partial charge in [0.25, 0.3) is 0 Å². The SMILES string of the molecule is [2H]c1c2c(c([2H])c(OC)c1OC)C(=O)C(C([2H])([2H])C1CCN(C([2H])([2H])c3ccccc3)CC1)C2. The summed E-state index contributed by atoms with van der Waals surface area (Å²) in [5.41, 5.74) is 0.945. The number of nitrogens with zero attached hydrogens (tertiary/aromatic N) is 1. The van der Waals surface area contributed by atoms with E-state index >= 15 is 0 Å². The molecule has 1 atom stereocenters. The first kappa shape index (κ1) is 13.0. The predicted molar refractivity (Wildman–Crippen MR) is 110 cm³/mol. The second-order valence-electron chi connectivity index (χ2n) is 7.20. The highest BCUT2D eigenvalue weighted by molar-refractivity contribution is 6.02. The molecule has 4 nitrogen and oxygen atoms in total. The van der Waals surface area contributed by atoms with Gasteiger partial charge in [-0.3, -0.25) is 9.69 Å². The molecule has 2 aromatic rings. The maximum absolute atomic E-state index is 13.3. The number of carbonyl (C=O) groups is 1. The van der Waals surface area contributed by atoms with Crippen molar-refractivity contribution in [3.63, 3.8) is 0 Å². The number of likely N-dealkylation sites (tertiary alicyclic amines) is 1. The van der Waals surface area contributed by atoms with Crippen LogP contribution >= 0.6 is 0 Å². The van der Waals surface area contributed by atoms with E-state index in [2.05, 4.69) is 0 Å². The summed E-state index contributed by atoms with van der Waals surface area (Å²) in [7, 11) is 2.72. The standard InChI is InChI=1S/C24H29NO3/c1-27-22-14-19-13-20(24(26)21(19)15-23(22)28-2)12-17-8-10-25(11-9-17)16-18-6-4-3-5-7-18/h3-7,14-15,17,20H,8-13,16H2,1-2H3/i12D2,14D,15D,16D2. The van der Waals surface area contributed by atoms with Gasteiger partial charge in [0.1, 0.15) is 0 Å². The summed E-state index contributed by atoms with van der Waals surface area (Å²) in [5, 5.41) is 0. The largest absolute Gasteiger partial charge is 0.493 e. The fourth-order valence-corrected chi connectivity index (χ4v) is 3.90. The number of hydrogen-bond acceptors (Lipinski definition) is 4. The van der Waals surface area contributed by atoms with Crippen molar-refractivity contribution in [1.82, 2.24) is 4.90 Å². The highest BCUT2D eigenvalue weighted by Gasteiger charge is 2.34. The van der Waals surface area contributed by atoms with Gasteiger partial charge >= 0.3 is 0 Å². The zero-order chi connectivity index (χ0) is 24.8. The van der Waals surface area contributed by atoms with Gasteiger partial charge in [-0.05, 0) is 67.9 Å². The Morgan fingerprint density at radius 1 is 1.11 bits per heavy atom. The average Bonchev–Trinajstić information content (AvgIpc) is 3.20. The van der Waals surface area contributed by atoms with Crippen LogP contribution in [0.1, 0.15) is 48.9 Å². The molecule has 148 valence electrons. The molecule has 2 aliphatic rings. The van der Waals surface area contributed by atoms with E-state index in [0.717, 1.165) is 0 Å². The maximum Gasteiger partial charge on any atom is 0.166 e. The minimum atomic E-state index is -1.86. The van der Waals surface area contributed by atoms with Crippen molar-refractivity contribution >= 4 is 5.78 Å². The normalized spacial score (nSPS) is 24.4. The lowest BCUT2D eigenvalue weighted by Crippen LogP contribution is -2.34. The van der Waals surface area contributed by atoms with Gasteiger partial charge in [-0.1, -0.05) is 30.3 Å². The highest BCUT2D eigenvalue weighted by atomic mass is 16.5. The molecule has 1 heterocycles. The van der Waals surface area contributed by atoms with Gasteiger partial charge in [-0.15, -0.1) is 0 Å². The van der Waals surface area contributed by atoms with Crippen LogP contribution in [0, 0.1) is 11.8 Å². The number of hydrogen-bond donors (Lipinski definition) is 0. The van der Waals surface area contributed by atoms with Gasteiger partial charge in [0, 0.05) is 23.5 Å². The molecular formula is C24H29NO3. The molecule has 1 aliphatic heterocycles. The third kappa shape index (κ3) is 3.93. The van der Waals surface area contributed by atoms with Crippen molar-refractivity contribution in [1.29, 1.82) is 0 Å². The third-order valence-electron chi connectivity index (χ3n) is 5.38. The van der Waals surface area contributed by atoms with E-state index in [4.69, 9.17) is 17.7 Å². The lowest BCUT2D eigenvalue weighted by molar-refractivity contribution is 0.0895. The van der Waals surface area contributed by atoms with Crippen LogP contribution in [-0.2, 0) is 12.9 Å². The minimum absolute atomic E-state index is 0.0114. The Labute approximate surface area is 175 Å². The van der Waals surface area contributed by atoms with E-state index in [1.54, 1.807) is 29.2 Å². The van der Waals surface area contributed by atoms with Crippen LogP contribution < -0.4 is 9.47 Å². The number of methoxy groups -OCH3 is 2. The molecule has 1 unspecified atom stereocenters. The van der Waals surface area contributed by atoms with Crippen molar-refractivity contribution in [3.05, 3.63) is 59.1 Å². The molecule has 1 saturated heterocycles. The molecular weight excluding hydrogens is 350 g/mol. The molecule has 0 saturated carbocycles. The zero-order valence-corrected chi connectivity index (χ0v) is 16.2. The monoisotopic (exact) mass is 385 g/mol. The smallest absolute Gasteiger partial charge is 0.166 e. The van der Waals surface area contributed by atoms with E-state index in [0.29, 0.717) is 37.1 Å². The molecule has 1 aliphatic carbocycles. The topological polar surface area (TPSA) is 38.8 Å². The van der Waals surface area contributed by atoms with E-state index in [9.17, 15) is 4.79 Å². The number of fused-ring (bicyclic) bond motifs is 1. The van der Waals surface area contributed by atoms with E-state index in [-0.39, 0.29) is 35.6 Å². The van der Waals surface area contributed by atoms with Crippen molar-refractivity contribution in [2.75, 3.05) is 27.3 Å². The first-order chi connectivity index (χ1) is 16.1. The average molecular weight is 386 g/mol. The van der Waals surface area contributed by atoms with Crippen LogP contribution in [-0.4, -0.2) is 38.0 Å². The minimum Gasteiger partial charge on any atom is -0.493 e. The molecule has 0 bridgehead atoms. The fraction of sp³-hybridized carbons (Fsp3) is 0.458. The highest BCUT2D eigenvalue weighted by Crippen LogP contribution is 2.39. The van der Waals surface area contributed by atoms with E-state index < -0.39 is 30.5 Å². The molecule has 1 fully saturated rings. The molecule has 2 aromatic carbocycles. The molecule has 4 rings (SSSR count). The lowest BCUT2D eigenvalue weighted by Gasteiger charge is -2.32. The molecule has 0 aromatic heterocycles. The van der Waals surface area contributed by atoms with Gasteiger partial charge in [0.2, 0.25) is 0 Å². The molecule has 0 spiro atoms. The van der Waals surface area contributed by atoms with Crippen molar-refractivity contribution in [2.45, 2.75) is 32.1 Å². The van der Waals surface area contributed by atoms with E-state index in [1.807, 2.05) is 6.07 Å². The van der Waals surface area contributed by atoms with Crippen molar-refractivity contribution in [2.24, 2.45) is 11.8 Å². The van der Waals surface area contributed by atoms with Crippen LogP contribution in [0.5, 0.6) is 11.5 Å². The van der Waals surface area contributed by atoms with Crippen LogP contribution in [0.2, 0.25) is 0 Å². The van der Waals surface area contributed by atoms with Crippen molar-refractivity contribution < 1.29 is 22.5 Å². The maximum atomic E-state index is 13.3. The van der Waals surface area contributed by atoms with Crippen LogP contribution in [0.3, 0.4) is 0 Å². The van der Waals surface area contributed by atoms with Crippen LogP contribution in [0.4, 0.5) is 0 Å². The Morgan fingerprint density at radius 2 is 1.79 bits per heavy atom. The second-order valence-corrected chi connectivity index (χ2v) is 7.20. The number of Topliss-reactive ketones (excluding diaryl/α,β-unsaturated/α-hetero) is 1. The third-order valence-corrected chi connectivity index (χ3v) is 5.38. The second kappa shape index (κ2) is 8.36. The summed E-state index contributed by atoms with van der Waals surface area (Å²) >= 11 is 0. The summed E-state index contributed by atoms with van der Waals surface area (Å²) in [4.78, 5) is 15.0. The quantitative estimate of drug-likeness (QED) is 0.741. The van der Waals surface area contributed by atoms with E-state index in [1.165, 1.54) is 14.2 Å². The lowest BCUT2D eigenvalue weighted by atomic mass is 9.85. The molecule has 0 radical (unpaired) electrons. The molecule has 0 N–H and O–H groups in total. The first-order valence-corrected chi connectivity index (χ1v) is 9.64. The Hall–Kier alpha value is -2.33. The Morgan fingerprint density at radius 3 is 2.46 bits per heavy atom. The van der Waals surface area contributed by atoms with Gasteiger partial charge in [-0.25, -0.2) is 0 Å². The Kier molecular flexibility index (Phi) is 3.88. The summed E-state index contributed by atoms with van der Waals surface area (Å²) in [6, 6.07) is 8.73. The van der Waals surface area contributed by atoms with Crippen molar-refractivity contribution in [3.8, 4) is 11.5 Å². The summed E-state index contributed by atoms with van der Waals surface area (Å²) < 4.78 is 62.3. The van der Waals surface area contributed by atoms with Gasteiger partial charge in [0.15, 0.2) is 17.3 Å². The van der Waals surface area contributed by atoms with Crippen LogP contribution in [0.25, 0.3) is 0 Å². The molecule has 4 heteroatoms. The number of ketones is 1. The zero-order valence-electron chi connectivity index (χ0n) is 22.2.